The van der Waals surface area contributed by atoms with Gasteiger partial charge in [0.2, 0.25) is 5.91 Å². The fourth-order valence-corrected chi connectivity index (χ4v) is 1.07. The van der Waals surface area contributed by atoms with Gasteiger partial charge in [-0.1, -0.05) is 0 Å². The first kappa shape index (κ1) is 14.8. The number of primary amides is 1. The van der Waals surface area contributed by atoms with E-state index in [1.54, 1.807) is 6.92 Å². The number of hydrogen-bond donors (Lipinski definition) is 3. The SMILES string of the molecule is C#CCC(NC(=O)N(CC)CC(N)=O)C(=O)O. The lowest BCUT2D eigenvalue weighted by molar-refractivity contribution is -0.139. The van der Waals surface area contributed by atoms with E-state index in [0.29, 0.717) is 0 Å². The van der Waals surface area contributed by atoms with E-state index in [-0.39, 0.29) is 19.5 Å². The molecule has 7 nitrogen and oxygen atoms in total. The fraction of sp³-hybridized carbons (Fsp3) is 0.500. The molecule has 1 atom stereocenters. The highest BCUT2D eigenvalue weighted by atomic mass is 16.4. The van der Waals surface area contributed by atoms with E-state index in [2.05, 4.69) is 11.2 Å². The Morgan fingerprint density at radius 1 is 1.53 bits per heavy atom. The van der Waals surface area contributed by atoms with E-state index >= 15 is 0 Å². The van der Waals surface area contributed by atoms with Gasteiger partial charge in [0, 0.05) is 13.0 Å². The minimum Gasteiger partial charge on any atom is -0.480 e. The van der Waals surface area contributed by atoms with Crippen LogP contribution in [0.3, 0.4) is 0 Å². The van der Waals surface area contributed by atoms with E-state index in [4.69, 9.17) is 17.3 Å². The Morgan fingerprint density at radius 3 is 2.47 bits per heavy atom. The summed E-state index contributed by atoms with van der Waals surface area (Å²) in [5.41, 5.74) is 4.95. The van der Waals surface area contributed by atoms with Gasteiger partial charge in [-0.25, -0.2) is 9.59 Å². The van der Waals surface area contributed by atoms with E-state index in [0.717, 1.165) is 4.90 Å². The number of nitrogens with two attached hydrogens (primary N) is 1. The van der Waals surface area contributed by atoms with Gasteiger partial charge in [-0.2, -0.15) is 0 Å². The summed E-state index contributed by atoms with van der Waals surface area (Å²) in [6, 6.07) is -1.86. The lowest BCUT2D eigenvalue weighted by Gasteiger charge is -2.21. The molecule has 0 aromatic heterocycles. The minimum atomic E-state index is -1.23. The largest absolute Gasteiger partial charge is 0.480 e. The highest BCUT2D eigenvalue weighted by Crippen LogP contribution is 1.95. The van der Waals surface area contributed by atoms with Crippen LogP contribution in [-0.4, -0.2) is 47.0 Å². The zero-order valence-corrected chi connectivity index (χ0v) is 9.47. The van der Waals surface area contributed by atoms with Gasteiger partial charge in [-0.15, -0.1) is 12.3 Å². The van der Waals surface area contributed by atoms with Crippen LogP contribution in [-0.2, 0) is 9.59 Å². The molecule has 0 radical (unpaired) electrons. The zero-order chi connectivity index (χ0) is 13.4. The van der Waals surface area contributed by atoms with Crippen molar-refractivity contribution in [2.45, 2.75) is 19.4 Å². The van der Waals surface area contributed by atoms with Crippen molar-refractivity contribution in [1.29, 1.82) is 0 Å². The number of amides is 3. The van der Waals surface area contributed by atoms with Crippen molar-refractivity contribution in [3.8, 4) is 12.3 Å². The lowest BCUT2D eigenvalue weighted by atomic mass is 10.2. The third-order valence-electron chi connectivity index (χ3n) is 1.93. The van der Waals surface area contributed by atoms with Crippen LogP contribution in [0.2, 0.25) is 0 Å². The Kier molecular flexibility index (Phi) is 6.18. The molecule has 1 unspecified atom stereocenters. The molecule has 0 aromatic rings. The van der Waals surface area contributed by atoms with Gasteiger partial charge in [0.05, 0.1) is 0 Å². The number of rotatable bonds is 6. The first-order valence-electron chi connectivity index (χ1n) is 4.92. The van der Waals surface area contributed by atoms with E-state index in [1.165, 1.54) is 0 Å². The molecule has 0 heterocycles. The summed E-state index contributed by atoms with van der Waals surface area (Å²) >= 11 is 0. The number of hydrogen-bond acceptors (Lipinski definition) is 3. The first-order chi connectivity index (χ1) is 7.92. The Morgan fingerprint density at radius 2 is 2.12 bits per heavy atom. The van der Waals surface area contributed by atoms with Gasteiger partial charge < -0.3 is 21.1 Å². The van der Waals surface area contributed by atoms with Crippen molar-refractivity contribution in [2.24, 2.45) is 5.73 Å². The van der Waals surface area contributed by atoms with E-state index < -0.39 is 23.9 Å². The monoisotopic (exact) mass is 241 g/mol. The second-order valence-electron chi connectivity index (χ2n) is 3.23. The third kappa shape index (κ3) is 5.41. The number of nitrogens with one attached hydrogen (secondary N) is 1. The molecule has 17 heavy (non-hydrogen) atoms. The molecule has 0 saturated heterocycles. The summed E-state index contributed by atoms with van der Waals surface area (Å²) in [5.74, 6) is 0.241. The van der Waals surface area contributed by atoms with Crippen LogP contribution in [0.5, 0.6) is 0 Å². The van der Waals surface area contributed by atoms with Crippen LogP contribution in [0.25, 0.3) is 0 Å². The predicted octanol–water partition coefficient (Wildman–Crippen LogP) is -1.02. The smallest absolute Gasteiger partial charge is 0.327 e. The van der Waals surface area contributed by atoms with E-state index in [1.807, 2.05) is 0 Å². The number of urea groups is 1. The summed E-state index contributed by atoms with van der Waals surface area (Å²) in [7, 11) is 0. The van der Waals surface area contributed by atoms with Crippen molar-refractivity contribution in [1.82, 2.24) is 10.2 Å². The van der Waals surface area contributed by atoms with Crippen molar-refractivity contribution in [3.63, 3.8) is 0 Å². The number of nitrogens with zero attached hydrogens (tertiary/aromatic N) is 1. The number of terminal acetylenes is 1. The maximum atomic E-state index is 11.6. The molecule has 0 aliphatic rings. The van der Waals surface area contributed by atoms with Crippen molar-refractivity contribution in [3.05, 3.63) is 0 Å². The predicted molar refractivity (Wildman–Crippen MR) is 59.8 cm³/mol. The standard InChI is InChI=1S/C10H15N3O4/c1-3-5-7(9(15)16)12-10(17)13(4-2)6-8(11)14/h1,7H,4-6H2,2H3,(H2,11,14)(H,12,17)(H,15,16). The zero-order valence-electron chi connectivity index (χ0n) is 9.47. The molecule has 0 aromatic carbocycles. The molecule has 0 rings (SSSR count). The molecule has 4 N–H and O–H groups in total. The van der Waals surface area contributed by atoms with Crippen LogP contribution in [0.1, 0.15) is 13.3 Å². The molecule has 7 heteroatoms. The molecular formula is C10H15N3O4. The highest BCUT2D eigenvalue weighted by Gasteiger charge is 2.22. The quantitative estimate of drug-likeness (QED) is 0.516. The highest BCUT2D eigenvalue weighted by molar-refractivity contribution is 5.86. The fourth-order valence-electron chi connectivity index (χ4n) is 1.07. The first-order valence-corrected chi connectivity index (χ1v) is 4.92. The molecule has 0 fully saturated rings. The number of aliphatic carboxylic acids is 1. The van der Waals surface area contributed by atoms with Gasteiger partial charge in [0.1, 0.15) is 12.6 Å². The molecule has 0 spiro atoms. The van der Waals surface area contributed by atoms with E-state index in [9.17, 15) is 14.4 Å². The Balaban J connectivity index is 4.52. The molecule has 0 aliphatic carbocycles. The number of likely N-dealkylation sites (N-methyl/N-ethyl adjacent to an activating group) is 1. The lowest BCUT2D eigenvalue weighted by Crippen LogP contribution is -2.49. The molecular weight excluding hydrogens is 226 g/mol. The van der Waals surface area contributed by atoms with Crippen LogP contribution in [0.15, 0.2) is 0 Å². The Hall–Kier alpha value is -2.23. The number of carbonyl (C=O) groups excluding carboxylic acids is 2. The minimum absolute atomic E-state index is 0.130. The Labute approximate surface area is 99.0 Å². The van der Waals surface area contributed by atoms with Crippen LogP contribution in [0, 0.1) is 12.3 Å². The van der Waals surface area contributed by atoms with Gasteiger partial charge in [0.25, 0.3) is 0 Å². The maximum absolute atomic E-state index is 11.6. The van der Waals surface area contributed by atoms with Gasteiger partial charge in [-0.3, -0.25) is 4.79 Å². The number of carboxylic acid groups (broad SMARTS) is 1. The molecule has 0 bridgehead atoms. The van der Waals surface area contributed by atoms with Crippen molar-refractivity contribution >= 4 is 17.9 Å². The Bertz CT molecular complexity index is 348. The van der Waals surface area contributed by atoms with Crippen LogP contribution >= 0.6 is 0 Å². The maximum Gasteiger partial charge on any atom is 0.327 e. The van der Waals surface area contributed by atoms with Gasteiger partial charge in [-0.05, 0) is 6.92 Å². The number of carboxylic acids is 1. The van der Waals surface area contributed by atoms with Crippen molar-refractivity contribution < 1.29 is 19.5 Å². The second kappa shape index (κ2) is 7.11. The van der Waals surface area contributed by atoms with Gasteiger partial charge >= 0.3 is 12.0 Å². The van der Waals surface area contributed by atoms with Crippen LogP contribution in [0.4, 0.5) is 4.79 Å². The summed E-state index contributed by atoms with van der Waals surface area (Å²) in [4.78, 5) is 34.1. The molecule has 3 amide bonds. The molecule has 0 saturated carbocycles. The van der Waals surface area contributed by atoms with Crippen LogP contribution < -0.4 is 11.1 Å². The number of carbonyl (C=O) groups is 3. The second-order valence-corrected chi connectivity index (χ2v) is 3.23. The average Bonchev–Trinajstić information content (AvgIpc) is 2.24. The summed E-state index contributed by atoms with van der Waals surface area (Å²) in [5, 5.41) is 11.0. The molecule has 94 valence electrons. The van der Waals surface area contributed by atoms with Gasteiger partial charge in [0.15, 0.2) is 0 Å². The third-order valence-corrected chi connectivity index (χ3v) is 1.93. The summed E-state index contributed by atoms with van der Waals surface area (Å²) in [6.07, 6.45) is 4.85. The topological polar surface area (TPSA) is 113 Å². The summed E-state index contributed by atoms with van der Waals surface area (Å²) in [6.45, 7) is 1.60. The molecule has 0 aliphatic heterocycles. The average molecular weight is 241 g/mol. The van der Waals surface area contributed by atoms with Crippen molar-refractivity contribution in [2.75, 3.05) is 13.1 Å². The summed E-state index contributed by atoms with van der Waals surface area (Å²) < 4.78 is 0. The normalized spacial score (nSPS) is 11.1.